The number of hydrogen-bond donors (Lipinski definition) is 0. The summed E-state index contributed by atoms with van der Waals surface area (Å²) in [6.07, 6.45) is 0. The van der Waals surface area contributed by atoms with Crippen LogP contribution in [-0.4, -0.2) is 40.5 Å². The molecule has 0 radical (unpaired) electrons. The van der Waals surface area contributed by atoms with Crippen LogP contribution >= 0.6 is 0 Å². The number of nitrogens with zero attached hydrogens (tertiary/aromatic N) is 4. The van der Waals surface area contributed by atoms with Crippen molar-refractivity contribution in [2.24, 2.45) is 0 Å². The fourth-order valence-corrected chi connectivity index (χ4v) is 3.90. The summed E-state index contributed by atoms with van der Waals surface area (Å²) in [5.41, 5.74) is 6.54. The van der Waals surface area contributed by atoms with Gasteiger partial charge in [0.15, 0.2) is 0 Å². The molecule has 5 heteroatoms. The lowest BCUT2D eigenvalue weighted by Crippen LogP contribution is -2.46. The van der Waals surface area contributed by atoms with Crippen molar-refractivity contribution in [1.82, 2.24) is 14.3 Å². The minimum Gasteiger partial charge on any atom is -0.369 e. The van der Waals surface area contributed by atoms with E-state index in [0.717, 1.165) is 49.8 Å². The molecular weight excluding hydrogens is 336 g/mol. The van der Waals surface area contributed by atoms with E-state index in [9.17, 15) is 4.79 Å². The van der Waals surface area contributed by atoms with E-state index in [0.29, 0.717) is 0 Å². The highest BCUT2D eigenvalue weighted by Crippen LogP contribution is 2.24. The molecule has 0 unspecified atom stereocenters. The van der Waals surface area contributed by atoms with E-state index in [1.165, 1.54) is 16.8 Å². The van der Waals surface area contributed by atoms with Gasteiger partial charge in [-0.15, -0.1) is 0 Å². The molecule has 1 saturated heterocycles. The fourth-order valence-electron chi connectivity index (χ4n) is 3.90. The number of hydrogen-bond acceptors (Lipinski definition) is 4. The first kappa shape index (κ1) is 17.7. The van der Waals surface area contributed by atoms with E-state index < -0.39 is 0 Å². The van der Waals surface area contributed by atoms with Crippen LogP contribution in [0.2, 0.25) is 0 Å². The number of aryl methyl sites for hydroxylation is 2. The lowest BCUT2D eigenvalue weighted by Gasteiger charge is -2.36. The molecule has 1 fully saturated rings. The maximum atomic E-state index is 12.5. The zero-order chi connectivity index (χ0) is 19.0. The van der Waals surface area contributed by atoms with Gasteiger partial charge in [-0.05, 0) is 50.1 Å². The van der Waals surface area contributed by atoms with Crippen molar-refractivity contribution in [2.45, 2.75) is 27.3 Å². The maximum Gasteiger partial charge on any atom is 0.258 e. The van der Waals surface area contributed by atoms with Crippen LogP contribution in [0.5, 0.6) is 0 Å². The van der Waals surface area contributed by atoms with Gasteiger partial charge in [0.1, 0.15) is 5.65 Å². The number of aromatic nitrogens is 2. The Morgan fingerprint density at radius 2 is 1.70 bits per heavy atom. The van der Waals surface area contributed by atoms with Gasteiger partial charge in [0, 0.05) is 50.2 Å². The first-order valence-corrected chi connectivity index (χ1v) is 9.55. The largest absolute Gasteiger partial charge is 0.369 e. The van der Waals surface area contributed by atoms with Gasteiger partial charge in [-0.1, -0.05) is 18.2 Å². The monoisotopic (exact) mass is 362 g/mol. The van der Waals surface area contributed by atoms with Crippen molar-refractivity contribution >= 4 is 11.3 Å². The number of anilines is 1. The molecule has 0 N–H and O–H groups in total. The average molecular weight is 362 g/mol. The van der Waals surface area contributed by atoms with Gasteiger partial charge in [-0.25, -0.2) is 4.98 Å². The van der Waals surface area contributed by atoms with Crippen LogP contribution in [0.25, 0.3) is 5.65 Å². The summed E-state index contributed by atoms with van der Waals surface area (Å²) in [5, 5.41) is 0. The summed E-state index contributed by atoms with van der Waals surface area (Å²) in [7, 11) is 0. The number of benzene rings is 1. The van der Waals surface area contributed by atoms with E-state index in [-0.39, 0.29) is 5.56 Å². The topological polar surface area (TPSA) is 40.9 Å². The zero-order valence-electron chi connectivity index (χ0n) is 16.3. The van der Waals surface area contributed by atoms with Gasteiger partial charge in [-0.2, -0.15) is 0 Å². The Balaban J connectivity index is 1.47. The number of pyridine rings is 1. The molecule has 0 bridgehead atoms. The van der Waals surface area contributed by atoms with E-state index in [2.05, 4.69) is 41.8 Å². The molecule has 0 atom stereocenters. The molecular formula is C22H26N4O. The molecule has 3 aromatic rings. The molecule has 140 valence electrons. The Labute approximate surface area is 159 Å². The zero-order valence-corrected chi connectivity index (χ0v) is 16.3. The van der Waals surface area contributed by atoms with Crippen molar-refractivity contribution in [2.75, 3.05) is 31.1 Å². The highest BCUT2D eigenvalue weighted by atomic mass is 16.1. The summed E-state index contributed by atoms with van der Waals surface area (Å²) < 4.78 is 1.67. The smallest absolute Gasteiger partial charge is 0.258 e. The van der Waals surface area contributed by atoms with Crippen molar-refractivity contribution < 1.29 is 0 Å². The summed E-state index contributed by atoms with van der Waals surface area (Å²) in [4.78, 5) is 22.0. The molecule has 3 heterocycles. The predicted octanol–water partition coefficient (Wildman–Crippen LogP) is 2.94. The van der Waals surface area contributed by atoms with Crippen LogP contribution in [0.4, 0.5) is 5.69 Å². The molecule has 2 aromatic heterocycles. The molecule has 5 nitrogen and oxygen atoms in total. The van der Waals surface area contributed by atoms with Gasteiger partial charge >= 0.3 is 0 Å². The van der Waals surface area contributed by atoms with E-state index >= 15 is 0 Å². The van der Waals surface area contributed by atoms with E-state index in [1.54, 1.807) is 10.5 Å². The van der Waals surface area contributed by atoms with Crippen molar-refractivity contribution in [1.29, 1.82) is 0 Å². The SMILES string of the molecule is Cc1cccc(N2CCN(Cc3cc(=O)n4c(C)cccc4n3)CC2)c1C. The highest BCUT2D eigenvalue weighted by Gasteiger charge is 2.19. The van der Waals surface area contributed by atoms with Crippen LogP contribution in [0, 0.1) is 20.8 Å². The van der Waals surface area contributed by atoms with Gasteiger partial charge in [0.25, 0.3) is 5.56 Å². The lowest BCUT2D eigenvalue weighted by molar-refractivity contribution is 0.247. The second-order valence-electron chi connectivity index (χ2n) is 7.43. The molecule has 27 heavy (non-hydrogen) atoms. The molecule has 0 saturated carbocycles. The molecule has 1 aliphatic rings. The Hall–Kier alpha value is -2.66. The average Bonchev–Trinajstić information content (AvgIpc) is 2.65. The van der Waals surface area contributed by atoms with Crippen LogP contribution in [0.3, 0.4) is 0 Å². The second-order valence-corrected chi connectivity index (χ2v) is 7.43. The van der Waals surface area contributed by atoms with E-state index in [1.807, 2.05) is 25.1 Å². The van der Waals surface area contributed by atoms with Gasteiger partial charge in [-0.3, -0.25) is 14.1 Å². The molecule has 0 spiro atoms. The van der Waals surface area contributed by atoms with Crippen LogP contribution < -0.4 is 10.5 Å². The minimum absolute atomic E-state index is 0.00196. The second kappa shape index (κ2) is 7.16. The van der Waals surface area contributed by atoms with Gasteiger partial charge < -0.3 is 4.90 Å². The summed E-state index contributed by atoms with van der Waals surface area (Å²) in [5.74, 6) is 0. The quantitative estimate of drug-likeness (QED) is 0.718. The lowest BCUT2D eigenvalue weighted by atomic mass is 10.1. The standard InChI is InChI=1S/C22H26N4O/c1-16-6-4-8-20(18(16)3)25-12-10-24(11-13-25)15-19-14-22(27)26-17(2)7-5-9-21(26)23-19/h4-9,14H,10-13,15H2,1-3H3. The van der Waals surface area contributed by atoms with Crippen molar-refractivity contribution in [3.8, 4) is 0 Å². The third-order valence-electron chi connectivity index (χ3n) is 5.61. The Morgan fingerprint density at radius 1 is 0.963 bits per heavy atom. The molecule has 1 aliphatic heterocycles. The molecule has 4 rings (SSSR count). The summed E-state index contributed by atoms with van der Waals surface area (Å²) in [6.45, 7) is 11.0. The molecule has 1 aromatic carbocycles. The van der Waals surface area contributed by atoms with Crippen LogP contribution in [0.1, 0.15) is 22.5 Å². The van der Waals surface area contributed by atoms with Crippen molar-refractivity contribution in [3.63, 3.8) is 0 Å². The normalized spacial score (nSPS) is 15.4. The third-order valence-corrected chi connectivity index (χ3v) is 5.61. The Morgan fingerprint density at radius 3 is 2.48 bits per heavy atom. The highest BCUT2D eigenvalue weighted by molar-refractivity contribution is 5.56. The molecule has 0 aliphatic carbocycles. The van der Waals surface area contributed by atoms with Gasteiger partial charge in [0.2, 0.25) is 0 Å². The number of piperazine rings is 1. The minimum atomic E-state index is 0.00196. The first-order chi connectivity index (χ1) is 13.0. The number of rotatable bonds is 3. The van der Waals surface area contributed by atoms with Gasteiger partial charge in [0.05, 0.1) is 5.69 Å². The summed E-state index contributed by atoms with van der Waals surface area (Å²) >= 11 is 0. The van der Waals surface area contributed by atoms with E-state index in [4.69, 9.17) is 4.98 Å². The first-order valence-electron chi connectivity index (χ1n) is 9.55. The molecule has 0 amide bonds. The van der Waals surface area contributed by atoms with Crippen LogP contribution in [0.15, 0.2) is 47.3 Å². The van der Waals surface area contributed by atoms with Crippen molar-refractivity contribution in [3.05, 3.63) is 75.3 Å². The Kier molecular flexibility index (Phi) is 4.70. The fraction of sp³-hybridized carbons (Fsp3) is 0.364. The third kappa shape index (κ3) is 3.47. The number of fused-ring (bicyclic) bond motifs is 1. The van der Waals surface area contributed by atoms with Crippen LogP contribution in [-0.2, 0) is 6.54 Å². The Bertz CT molecular complexity index is 1030. The predicted molar refractivity (Wildman–Crippen MR) is 110 cm³/mol. The summed E-state index contributed by atoms with van der Waals surface area (Å²) in [6, 6.07) is 14.0. The maximum absolute atomic E-state index is 12.5.